The molecule has 8 nitrogen and oxygen atoms in total. The van der Waals surface area contributed by atoms with E-state index >= 15 is 4.39 Å². The van der Waals surface area contributed by atoms with E-state index in [1.165, 1.54) is 18.3 Å². The number of aromatic nitrogens is 1. The predicted octanol–water partition coefficient (Wildman–Crippen LogP) is 7.40. The minimum absolute atomic E-state index is 0.00538. The molecular formula is C33H37Cl2FN2O6S2. The van der Waals surface area contributed by atoms with Crippen LogP contribution in [0.1, 0.15) is 85.4 Å². The van der Waals surface area contributed by atoms with Gasteiger partial charge in [-0.05, 0) is 88.8 Å². The molecule has 1 aliphatic carbocycles. The topological polar surface area (TPSA) is 103 Å². The number of morpholine rings is 1. The van der Waals surface area contributed by atoms with Gasteiger partial charge in [0.15, 0.2) is 15.4 Å². The van der Waals surface area contributed by atoms with Crippen LogP contribution in [0.5, 0.6) is 0 Å². The summed E-state index contributed by atoms with van der Waals surface area (Å²) < 4.78 is 53.4. The average Bonchev–Trinajstić information content (AvgIpc) is 3.72. The highest BCUT2D eigenvalue weighted by Gasteiger charge is 2.56. The van der Waals surface area contributed by atoms with Crippen molar-refractivity contribution in [1.82, 2.24) is 9.88 Å². The molecule has 4 unspecified atom stereocenters. The van der Waals surface area contributed by atoms with Crippen molar-refractivity contribution >= 4 is 56.3 Å². The Kier molecular flexibility index (Phi) is 9.93. The summed E-state index contributed by atoms with van der Waals surface area (Å²) in [5.41, 5.74) is -0.521. The van der Waals surface area contributed by atoms with Crippen molar-refractivity contribution in [3.63, 3.8) is 0 Å². The number of hydrogen-bond donors (Lipinski definition) is 0. The molecule has 1 aliphatic heterocycles. The SMILES string of the molecule is CCOC(=O)c1cnc(CC2(C)OC(c3cccc(Cl)c3)C(c3ccc(Cl)c(F)c3)N(C(CS(=O)(=O)C(C)(C)C)C3CC3)C2=O)s1. The van der Waals surface area contributed by atoms with E-state index in [4.69, 9.17) is 32.7 Å². The van der Waals surface area contributed by atoms with Crippen LogP contribution in [0.2, 0.25) is 10.0 Å². The van der Waals surface area contributed by atoms with Gasteiger partial charge in [-0.3, -0.25) is 4.79 Å². The fraction of sp³-hybridized carbons (Fsp3) is 0.485. The smallest absolute Gasteiger partial charge is 0.349 e. The number of benzene rings is 2. The number of halogens is 3. The Hall–Kier alpha value is -2.57. The van der Waals surface area contributed by atoms with Crippen LogP contribution in [-0.2, 0) is 30.5 Å². The van der Waals surface area contributed by atoms with Gasteiger partial charge in [0.1, 0.15) is 16.8 Å². The van der Waals surface area contributed by atoms with Gasteiger partial charge in [-0.25, -0.2) is 22.6 Å². The number of hydrogen-bond acceptors (Lipinski definition) is 8. The lowest BCUT2D eigenvalue weighted by atomic mass is 9.85. The summed E-state index contributed by atoms with van der Waals surface area (Å²) in [5, 5.41) is 0.808. The van der Waals surface area contributed by atoms with Crippen molar-refractivity contribution in [2.45, 2.75) is 82.4 Å². The first-order valence-corrected chi connectivity index (χ1v) is 18.3. The number of nitrogens with zero attached hydrogens (tertiary/aromatic N) is 2. The molecule has 0 bridgehead atoms. The molecule has 5 rings (SSSR count). The number of carbonyl (C=O) groups excluding carboxylic acids is 2. The van der Waals surface area contributed by atoms with Gasteiger partial charge in [-0.1, -0.05) is 41.4 Å². The highest BCUT2D eigenvalue weighted by atomic mass is 35.5. The van der Waals surface area contributed by atoms with Crippen LogP contribution in [0.4, 0.5) is 4.39 Å². The largest absolute Gasteiger partial charge is 0.462 e. The number of ether oxygens (including phenoxy) is 2. The van der Waals surface area contributed by atoms with Crippen molar-refractivity contribution in [2.24, 2.45) is 5.92 Å². The first kappa shape index (κ1) is 34.8. The van der Waals surface area contributed by atoms with Crippen LogP contribution in [-0.4, -0.2) is 58.9 Å². The quantitative estimate of drug-likeness (QED) is 0.202. The average molecular weight is 712 g/mol. The minimum atomic E-state index is -3.70. The summed E-state index contributed by atoms with van der Waals surface area (Å²) in [6.45, 7) is 8.48. The Balaban J connectivity index is 1.68. The van der Waals surface area contributed by atoms with Crippen LogP contribution < -0.4 is 0 Å². The molecule has 2 aliphatic rings. The van der Waals surface area contributed by atoms with Gasteiger partial charge in [0.05, 0.1) is 39.4 Å². The van der Waals surface area contributed by atoms with Gasteiger partial charge in [-0.2, -0.15) is 0 Å². The molecule has 1 saturated carbocycles. The third kappa shape index (κ3) is 7.13. The van der Waals surface area contributed by atoms with E-state index in [1.807, 2.05) is 6.07 Å². The molecule has 2 aromatic carbocycles. The van der Waals surface area contributed by atoms with E-state index in [0.29, 0.717) is 21.2 Å². The number of carbonyl (C=O) groups is 2. The van der Waals surface area contributed by atoms with Gasteiger partial charge in [0.25, 0.3) is 5.91 Å². The zero-order valence-corrected chi connectivity index (χ0v) is 29.4. The second-order valence-electron chi connectivity index (χ2n) is 13.0. The van der Waals surface area contributed by atoms with E-state index < -0.39 is 56.1 Å². The molecule has 13 heteroatoms. The maximum atomic E-state index is 15.1. The van der Waals surface area contributed by atoms with E-state index in [-0.39, 0.29) is 34.6 Å². The van der Waals surface area contributed by atoms with Crippen molar-refractivity contribution in [1.29, 1.82) is 0 Å². The van der Waals surface area contributed by atoms with Gasteiger partial charge >= 0.3 is 5.97 Å². The number of sulfone groups is 1. The van der Waals surface area contributed by atoms with Crippen molar-refractivity contribution in [3.05, 3.63) is 85.5 Å². The van der Waals surface area contributed by atoms with Crippen LogP contribution >= 0.6 is 34.5 Å². The van der Waals surface area contributed by atoms with Crippen molar-refractivity contribution < 1.29 is 31.9 Å². The molecule has 4 atom stereocenters. The standard InChI is InChI=1S/C33H37Cl2FN2O6S2/c1-6-43-30(39)26-17-37-27(45-26)16-33(5)31(40)38(25(19-10-11-19)18-46(41,42)32(2,3)4)28(20-12-13-23(35)24(36)15-20)29(44-33)21-8-7-9-22(34)14-21/h7-9,12-15,17,19,25,28-29H,6,10-11,16,18H2,1-5H3. The monoisotopic (exact) mass is 710 g/mol. The normalized spacial score (nSPS) is 23.0. The number of thiazole rings is 1. The Morgan fingerprint density at radius 3 is 2.52 bits per heavy atom. The third-order valence-electron chi connectivity index (χ3n) is 8.49. The molecule has 1 aromatic heterocycles. The Morgan fingerprint density at radius 2 is 1.91 bits per heavy atom. The molecule has 0 radical (unpaired) electrons. The molecule has 3 aromatic rings. The molecule has 46 heavy (non-hydrogen) atoms. The maximum absolute atomic E-state index is 15.1. The summed E-state index contributed by atoms with van der Waals surface area (Å²) >= 11 is 13.6. The van der Waals surface area contributed by atoms with E-state index in [1.54, 1.807) is 63.8 Å². The van der Waals surface area contributed by atoms with Crippen LogP contribution in [0, 0.1) is 11.7 Å². The zero-order valence-electron chi connectivity index (χ0n) is 26.3. The Morgan fingerprint density at radius 1 is 1.20 bits per heavy atom. The van der Waals surface area contributed by atoms with Crippen molar-refractivity contribution in [2.75, 3.05) is 12.4 Å². The zero-order chi connectivity index (χ0) is 33.6. The van der Waals surface area contributed by atoms with Crippen LogP contribution in [0.25, 0.3) is 0 Å². The van der Waals surface area contributed by atoms with E-state index in [9.17, 15) is 18.0 Å². The third-order valence-corrected chi connectivity index (χ3v) is 12.7. The molecule has 0 N–H and O–H groups in total. The van der Waals surface area contributed by atoms with Crippen LogP contribution in [0.3, 0.4) is 0 Å². The minimum Gasteiger partial charge on any atom is -0.462 e. The first-order chi connectivity index (χ1) is 21.5. The number of rotatable bonds is 10. The maximum Gasteiger partial charge on any atom is 0.349 e. The molecule has 2 heterocycles. The van der Waals surface area contributed by atoms with Gasteiger partial charge in [0.2, 0.25) is 0 Å². The van der Waals surface area contributed by atoms with Gasteiger partial charge in [0, 0.05) is 17.5 Å². The Bertz CT molecular complexity index is 1740. The molecule has 1 amide bonds. The second-order valence-corrected chi connectivity index (χ2v) is 17.7. The number of amides is 1. The summed E-state index contributed by atoms with van der Waals surface area (Å²) in [5.74, 6) is -2.01. The van der Waals surface area contributed by atoms with Gasteiger partial charge in [-0.15, -0.1) is 11.3 Å². The lowest BCUT2D eigenvalue weighted by Gasteiger charge is -2.52. The second kappa shape index (κ2) is 13.1. The highest BCUT2D eigenvalue weighted by Crippen LogP contribution is 2.51. The lowest BCUT2D eigenvalue weighted by Crippen LogP contribution is -2.62. The Labute approximate surface area is 283 Å². The molecule has 2 fully saturated rings. The molecule has 1 saturated heterocycles. The molecular weight excluding hydrogens is 674 g/mol. The fourth-order valence-corrected chi connectivity index (χ4v) is 8.41. The van der Waals surface area contributed by atoms with E-state index in [2.05, 4.69) is 4.98 Å². The summed E-state index contributed by atoms with van der Waals surface area (Å²) in [6.07, 6.45) is 2.00. The summed E-state index contributed by atoms with van der Waals surface area (Å²) in [6, 6.07) is 9.68. The van der Waals surface area contributed by atoms with E-state index in [0.717, 1.165) is 24.2 Å². The predicted molar refractivity (Wildman–Crippen MR) is 177 cm³/mol. The highest BCUT2D eigenvalue weighted by molar-refractivity contribution is 7.92. The number of esters is 1. The summed E-state index contributed by atoms with van der Waals surface area (Å²) in [7, 11) is -3.70. The molecule has 248 valence electrons. The van der Waals surface area contributed by atoms with Gasteiger partial charge < -0.3 is 14.4 Å². The lowest BCUT2D eigenvalue weighted by molar-refractivity contribution is -0.202. The van der Waals surface area contributed by atoms with Crippen LogP contribution in [0.15, 0.2) is 48.7 Å². The first-order valence-electron chi connectivity index (χ1n) is 15.1. The summed E-state index contributed by atoms with van der Waals surface area (Å²) in [4.78, 5) is 33.6. The molecule has 0 spiro atoms. The fourth-order valence-electron chi connectivity index (χ4n) is 5.76. The van der Waals surface area contributed by atoms with Crippen molar-refractivity contribution in [3.8, 4) is 0 Å².